The van der Waals surface area contributed by atoms with Crippen LogP contribution in [0.3, 0.4) is 0 Å². The van der Waals surface area contributed by atoms with Crippen LogP contribution in [0.15, 0.2) is 46.9 Å². The third kappa shape index (κ3) is 3.08. The Morgan fingerprint density at radius 2 is 1.88 bits per heavy atom. The number of benzene rings is 2. The van der Waals surface area contributed by atoms with Crippen molar-refractivity contribution in [1.82, 2.24) is 0 Å². The van der Waals surface area contributed by atoms with Crippen LogP contribution in [0.5, 0.6) is 0 Å². The molecule has 2 rings (SSSR count). The van der Waals surface area contributed by atoms with Gasteiger partial charge in [-0.1, -0.05) is 33.8 Å². The molecule has 0 fully saturated rings. The van der Waals surface area contributed by atoms with Gasteiger partial charge in [-0.2, -0.15) is 0 Å². The fourth-order valence-electron chi connectivity index (χ4n) is 1.35. The highest BCUT2D eigenvalue weighted by Gasteiger charge is 1.98. The topological polar surface area (TPSA) is 26.0 Å². The zero-order valence-corrected chi connectivity index (χ0v) is 10.5. The minimum absolute atomic E-state index is 0.329. The van der Waals surface area contributed by atoms with Crippen LogP contribution in [-0.4, -0.2) is 0 Å². The first-order valence-electron chi connectivity index (χ1n) is 4.98. The molecule has 0 atom stereocenters. The minimum Gasteiger partial charge on any atom is -0.399 e. The predicted molar refractivity (Wildman–Crippen MR) is 70.9 cm³/mol. The summed E-state index contributed by atoms with van der Waals surface area (Å²) < 4.78 is 14.2. The maximum atomic E-state index is 13.4. The summed E-state index contributed by atoms with van der Waals surface area (Å²) >= 11 is 3.28. The molecule has 0 aliphatic carbocycles. The van der Waals surface area contributed by atoms with Gasteiger partial charge in [0.15, 0.2) is 0 Å². The fraction of sp³-hybridized carbons (Fsp3) is 0. The molecule has 3 heteroatoms. The first-order valence-corrected chi connectivity index (χ1v) is 5.77. The van der Waals surface area contributed by atoms with Crippen molar-refractivity contribution in [2.45, 2.75) is 0 Å². The maximum Gasteiger partial charge on any atom is 0.138 e. The average molecular weight is 290 g/mol. The molecule has 2 aromatic carbocycles. The van der Waals surface area contributed by atoms with Gasteiger partial charge in [-0.25, -0.2) is 4.39 Å². The van der Waals surface area contributed by atoms with Crippen molar-refractivity contribution in [3.05, 3.63) is 63.9 Å². The molecule has 0 heterocycles. The maximum absolute atomic E-state index is 13.4. The van der Waals surface area contributed by atoms with Crippen LogP contribution >= 0.6 is 15.9 Å². The average Bonchev–Trinajstić information content (AvgIpc) is 2.30. The van der Waals surface area contributed by atoms with Crippen molar-refractivity contribution in [2.75, 3.05) is 5.73 Å². The highest BCUT2D eigenvalue weighted by Crippen LogP contribution is 2.14. The zero-order chi connectivity index (χ0) is 12.3. The molecule has 2 N–H and O–H groups in total. The Labute approximate surface area is 108 Å². The highest BCUT2D eigenvalue weighted by molar-refractivity contribution is 9.10. The molecule has 1 nitrogen and oxygen atoms in total. The lowest BCUT2D eigenvalue weighted by atomic mass is 10.1. The molecule has 2 aromatic rings. The summed E-state index contributed by atoms with van der Waals surface area (Å²) in [7, 11) is 0. The van der Waals surface area contributed by atoms with E-state index in [0.29, 0.717) is 11.3 Å². The first kappa shape index (κ1) is 11.7. The summed E-state index contributed by atoms with van der Waals surface area (Å²) in [6.45, 7) is 0. The zero-order valence-electron chi connectivity index (χ0n) is 8.87. The second-order valence-electron chi connectivity index (χ2n) is 3.50. The second-order valence-corrected chi connectivity index (χ2v) is 4.42. The smallest absolute Gasteiger partial charge is 0.138 e. The van der Waals surface area contributed by atoms with Crippen LogP contribution in [0.1, 0.15) is 11.1 Å². The van der Waals surface area contributed by atoms with Gasteiger partial charge in [0.2, 0.25) is 0 Å². The third-order valence-corrected chi connectivity index (χ3v) is 2.65. The van der Waals surface area contributed by atoms with E-state index in [-0.39, 0.29) is 5.82 Å². The van der Waals surface area contributed by atoms with Crippen molar-refractivity contribution in [1.29, 1.82) is 0 Å². The fourth-order valence-corrected chi connectivity index (χ4v) is 1.71. The van der Waals surface area contributed by atoms with E-state index in [2.05, 4.69) is 27.8 Å². The Balaban J connectivity index is 2.36. The lowest BCUT2D eigenvalue weighted by molar-refractivity contribution is 0.624. The Hall–Kier alpha value is -1.79. The molecule has 0 aliphatic rings. The van der Waals surface area contributed by atoms with Gasteiger partial charge in [-0.15, -0.1) is 0 Å². The standard InChI is InChI=1S/C14H9BrFN/c15-12-6-7-14(16)11(9-12)5-4-10-2-1-3-13(17)8-10/h1-3,6-9H,17H2. The SMILES string of the molecule is Nc1cccc(C#Cc2cc(Br)ccc2F)c1. The van der Waals surface area contributed by atoms with Gasteiger partial charge < -0.3 is 5.73 Å². The molecular weight excluding hydrogens is 281 g/mol. The molecular formula is C14H9BrFN. The number of hydrogen-bond donors (Lipinski definition) is 1. The number of anilines is 1. The van der Waals surface area contributed by atoms with Crippen molar-refractivity contribution < 1.29 is 4.39 Å². The summed E-state index contributed by atoms with van der Waals surface area (Å²) in [4.78, 5) is 0. The van der Waals surface area contributed by atoms with Gasteiger partial charge in [0.05, 0.1) is 5.56 Å². The molecule has 0 unspecified atom stereocenters. The summed E-state index contributed by atoms with van der Waals surface area (Å²) in [5.74, 6) is 5.34. The predicted octanol–water partition coefficient (Wildman–Crippen LogP) is 3.57. The van der Waals surface area contributed by atoms with Crippen LogP contribution in [-0.2, 0) is 0 Å². The molecule has 0 aliphatic heterocycles. The van der Waals surface area contributed by atoms with Gasteiger partial charge in [0.1, 0.15) is 5.82 Å². The van der Waals surface area contributed by atoms with Gasteiger partial charge in [-0.05, 0) is 36.4 Å². The van der Waals surface area contributed by atoms with Crippen molar-refractivity contribution in [3.63, 3.8) is 0 Å². The van der Waals surface area contributed by atoms with Crippen molar-refractivity contribution in [2.24, 2.45) is 0 Å². The molecule has 0 aromatic heterocycles. The van der Waals surface area contributed by atoms with E-state index in [1.165, 1.54) is 6.07 Å². The van der Waals surface area contributed by atoms with E-state index < -0.39 is 0 Å². The van der Waals surface area contributed by atoms with Crippen LogP contribution in [0.25, 0.3) is 0 Å². The molecule has 0 bridgehead atoms. The summed E-state index contributed by atoms with van der Waals surface area (Å²) in [5.41, 5.74) is 7.41. The monoisotopic (exact) mass is 289 g/mol. The minimum atomic E-state index is -0.329. The second kappa shape index (κ2) is 5.03. The molecule has 0 spiro atoms. The van der Waals surface area contributed by atoms with E-state index in [4.69, 9.17) is 5.73 Å². The van der Waals surface area contributed by atoms with E-state index in [0.717, 1.165) is 10.0 Å². The Kier molecular flexibility index (Phi) is 3.46. The van der Waals surface area contributed by atoms with E-state index in [9.17, 15) is 4.39 Å². The molecule has 0 amide bonds. The quantitative estimate of drug-likeness (QED) is 0.582. The Morgan fingerprint density at radius 1 is 1.06 bits per heavy atom. The molecule has 0 saturated carbocycles. The van der Waals surface area contributed by atoms with Gasteiger partial charge in [0.25, 0.3) is 0 Å². The Morgan fingerprint density at radius 3 is 2.65 bits per heavy atom. The van der Waals surface area contributed by atoms with Crippen molar-refractivity contribution in [3.8, 4) is 11.8 Å². The highest BCUT2D eigenvalue weighted by atomic mass is 79.9. The first-order chi connectivity index (χ1) is 8.15. The van der Waals surface area contributed by atoms with Gasteiger partial charge in [0, 0.05) is 15.7 Å². The van der Waals surface area contributed by atoms with Crippen LogP contribution in [0.4, 0.5) is 10.1 Å². The summed E-state index contributed by atoms with van der Waals surface area (Å²) in [5, 5.41) is 0. The lowest BCUT2D eigenvalue weighted by Gasteiger charge is -1.95. The van der Waals surface area contributed by atoms with E-state index in [1.807, 2.05) is 12.1 Å². The van der Waals surface area contributed by atoms with E-state index >= 15 is 0 Å². The number of halogens is 2. The summed E-state index contributed by atoms with van der Waals surface area (Å²) in [6.07, 6.45) is 0. The lowest BCUT2D eigenvalue weighted by Crippen LogP contribution is -1.85. The number of nitrogen functional groups attached to an aromatic ring is 1. The van der Waals surface area contributed by atoms with Gasteiger partial charge in [-0.3, -0.25) is 0 Å². The number of rotatable bonds is 0. The van der Waals surface area contributed by atoms with E-state index in [1.54, 1.807) is 24.3 Å². The van der Waals surface area contributed by atoms with Crippen LogP contribution in [0, 0.1) is 17.7 Å². The van der Waals surface area contributed by atoms with Crippen LogP contribution < -0.4 is 5.73 Å². The number of nitrogens with two attached hydrogens (primary N) is 1. The third-order valence-electron chi connectivity index (χ3n) is 2.16. The van der Waals surface area contributed by atoms with Crippen LogP contribution in [0.2, 0.25) is 0 Å². The van der Waals surface area contributed by atoms with Gasteiger partial charge >= 0.3 is 0 Å². The summed E-state index contributed by atoms with van der Waals surface area (Å²) in [6, 6.07) is 11.9. The molecule has 17 heavy (non-hydrogen) atoms. The largest absolute Gasteiger partial charge is 0.399 e. The number of hydrogen-bond acceptors (Lipinski definition) is 1. The molecule has 84 valence electrons. The van der Waals surface area contributed by atoms with Crippen molar-refractivity contribution >= 4 is 21.6 Å². The molecule has 0 radical (unpaired) electrons. The molecule has 0 saturated heterocycles. The normalized spacial score (nSPS) is 9.53. The Bertz CT molecular complexity index is 611.